The quantitative estimate of drug-likeness (QED) is 0.796. The number of rotatable bonds is 2. The molecule has 17 heavy (non-hydrogen) atoms. The molecule has 1 heterocycles. The summed E-state index contributed by atoms with van der Waals surface area (Å²) in [6.45, 7) is 0. The molecule has 0 bridgehead atoms. The first kappa shape index (κ1) is 11.3. The van der Waals surface area contributed by atoms with Crippen LogP contribution in [0.1, 0.15) is 68.3 Å². The second kappa shape index (κ2) is 4.81. The van der Waals surface area contributed by atoms with Crippen LogP contribution in [0.15, 0.2) is 6.20 Å². The van der Waals surface area contributed by atoms with Crippen molar-refractivity contribution in [3.05, 3.63) is 17.5 Å². The Morgan fingerprint density at radius 1 is 1.18 bits per heavy atom. The van der Waals surface area contributed by atoms with Gasteiger partial charge in [-0.2, -0.15) is 5.10 Å². The molecule has 3 heteroatoms. The lowest BCUT2D eigenvalue weighted by Gasteiger charge is -2.16. The highest BCUT2D eigenvalue weighted by molar-refractivity contribution is 5.24. The molecule has 0 saturated heterocycles. The summed E-state index contributed by atoms with van der Waals surface area (Å²) in [7, 11) is 2.08. The van der Waals surface area contributed by atoms with Gasteiger partial charge < -0.3 is 5.32 Å². The average Bonchev–Trinajstić information content (AvgIpc) is 2.95. The second-order valence-corrected chi connectivity index (χ2v) is 5.52. The summed E-state index contributed by atoms with van der Waals surface area (Å²) in [4.78, 5) is 0. The van der Waals surface area contributed by atoms with Crippen molar-refractivity contribution in [3.8, 4) is 0 Å². The monoisotopic (exact) mass is 233 g/mol. The lowest BCUT2D eigenvalue weighted by molar-refractivity contribution is 0.447. The molecule has 0 amide bonds. The molecule has 94 valence electrons. The van der Waals surface area contributed by atoms with E-state index in [1.54, 1.807) is 0 Å². The van der Waals surface area contributed by atoms with Gasteiger partial charge in [-0.3, -0.25) is 4.68 Å². The van der Waals surface area contributed by atoms with E-state index in [0.29, 0.717) is 12.1 Å². The van der Waals surface area contributed by atoms with Crippen LogP contribution in [0.25, 0.3) is 0 Å². The van der Waals surface area contributed by atoms with E-state index in [9.17, 15) is 0 Å². The van der Waals surface area contributed by atoms with Crippen molar-refractivity contribution in [3.63, 3.8) is 0 Å². The Hall–Kier alpha value is -0.830. The lowest BCUT2D eigenvalue weighted by Crippen LogP contribution is -2.17. The van der Waals surface area contributed by atoms with Gasteiger partial charge in [-0.25, -0.2) is 0 Å². The van der Waals surface area contributed by atoms with E-state index in [-0.39, 0.29) is 0 Å². The van der Waals surface area contributed by atoms with E-state index < -0.39 is 0 Å². The number of hydrogen-bond donors (Lipinski definition) is 1. The van der Waals surface area contributed by atoms with Crippen molar-refractivity contribution in [2.45, 2.75) is 63.5 Å². The van der Waals surface area contributed by atoms with Crippen molar-refractivity contribution < 1.29 is 0 Å². The van der Waals surface area contributed by atoms with Crippen LogP contribution in [-0.4, -0.2) is 16.8 Å². The molecule has 3 rings (SSSR count). The molecule has 1 aromatic rings. The van der Waals surface area contributed by atoms with Gasteiger partial charge in [-0.05, 0) is 39.2 Å². The number of aromatic nitrogens is 2. The number of nitrogens with zero attached hydrogens (tertiary/aromatic N) is 2. The minimum absolute atomic E-state index is 0.530. The molecular formula is C14H23N3. The largest absolute Gasteiger partial charge is 0.313 e. The molecule has 0 aliphatic heterocycles. The Kier molecular flexibility index (Phi) is 3.19. The van der Waals surface area contributed by atoms with Crippen LogP contribution < -0.4 is 5.32 Å². The van der Waals surface area contributed by atoms with E-state index in [1.165, 1.54) is 62.6 Å². The first-order valence-electron chi connectivity index (χ1n) is 7.13. The van der Waals surface area contributed by atoms with Crippen molar-refractivity contribution in [1.82, 2.24) is 15.1 Å². The standard InChI is InChI=1S/C14H23N3/c1-15-13-8-4-5-9-14-12(13)10-16-17(14)11-6-2-3-7-11/h10-11,13,15H,2-9H2,1H3. The summed E-state index contributed by atoms with van der Waals surface area (Å²) in [6.07, 6.45) is 12.7. The van der Waals surface area contributed by atoms with Crippen LogP contribution in [0.2, 0.25) is 0 Å². The minimum atomic E-state index is 0.530. The molecule has 1 fully saturated rings. The van der Waals surface area contributed by atoms with Crippen molar-refractivity contribution in [1.29, 1.82) is 0 Å². The van der Waals surface area contributed by atoms with Crippen LogP contribution >= 0.6 is 0 Å². The molecule has 2 aliphatic rings. The fourth-order valence-electron chi connectivity index (χ4n) is 3.51. The molecule has 1 N–H and O–H groups in total. The van der Waals surface area contributed by atoms with E-state index in [0.717, 1.165) is 0 Å². The van der Waals surface area contributed by atoms with Gasteiger partial charge in [0.25, 0.3) is 0 Å². The smallest absolute Gasteiger partial charge is 0.0540 e. The average molecular weight is 233 g/mol. The molecule has 0 aromatic carbocycles. The first-order valence-corrected chi connectivity index (χ1v) is 7.13. The minimum Gasteiger partial charge on any atom is -0.313 e. The predicted molar refractivity (Wildman–Crippen MR) is 69.1 cm³/mol. The van der Waals surface area contributed by atoms with Gasteiger partial charge in [0.2, 0.25) is 0 Å². The molecule has 0 radical (unpaired) electrons. The number of hydrogen-bond acceptors (Lipinski definition) is 2. The zero-order valence-corrected chi connectivity index (χ0v) is 10.8. The molecule has 0 spiro atoms. The van der Waals surface area contributed by atoms with Crippen LogP contribution in [0.3, 0.4) is 0 Å². The third kappa shape index (κ3) is 2.01. The highest BCUT2D eigenvalue weighted by Gasteiger charge is 2.26. The summed E-state index contributed by atoms with van der Waals surface area (Å²) < 4.78 is 2.36. The normalized spacial score (nSPS) is 25.8. The van der Waals surface area contributed by atoms with Gasteiger partial charge in [-0.1, -0.05) is 19.3 Å². The summed E-state index contributed by atoms with van der Waals surface area (Å²) in [5.41, 5.74) is 2.99. The Labute approximate surface area is 104 Å². The maximum absolute atomic E-state index is 4.70. The summed E-state index contributed by atoms with van der Waals surface area (Å²) in [5.74, 6) is 0. The summed E-state index contributed by atoms with van der Waals surface area (Å²) in [5, 5.41) is 8.15. The molecule has 1 aromatic heterocycles. The van der Waals surface area contributed by atoms with E-state index >= 15 is 0 Å². The lowest BCUT2D eigenvalue weighted by atomic mass is 10.1. The van der Waals surface area contributed by atoms with E-state index in [1.807, 2.05) is 0 Å². The van der Waals surface area contributed by atoms with E-state index in [2.05, 4.69) is 23.2 Å². The van der Waals surface area contributed by atoms with Crippen molar-refractivity contribution in [2.75, 3.05) is 7.05 Å². The molecule has 2 aliphatic carbocycles. The van der Waals surface area contributed by atoms with E-state index in [4.69, 9.17) is 5.10 Å². The zero-order valence-electron chi connectivity index (χ0n) is 10.8. The van der Waals surface area contributed by atoms with Gasteiger partial charge in [0.05, 0.1) is 12.2 Å². The second-order valence-electron chi connectivity index (χ2n) is 5.52. The number of fused-ring (bicyclic) bond motifs is 1. The van der Waals surface area contributed by atoms with Crippen LogP contribution in [0.5, 0.6) is 0 Å². The molecule has 1 unspecified atom stereocenters. The van der Waals surface area contributed by atoms with Crippen LogP contribution in [-0.2, 0) is 6.42 Å². The SMILES string of the molecule is CNC1CCCCc2c1cnn2C1CCCC1. The molecule has 3 nitrogen and oxygen atoms in total. The van der Waals surface area contributed by atoms with Crippen molar-refractivity contribution in [2.24, 2.45) is 0 Å². The van der Waals surface area contributed by atoms with Crippen LogP contribution in [0.4, 0.5) is 0 Å². The van der Waals surface area contributed by atoms with Gasteiger partial charge in [0.15, 0.2) is 0 Å². The third-order valence-electron chi connectivity index (χ3n) is 4.48. The molecule has 1 saturated carbocycles. The highest BCUT2D eigenvalue weighted by atomic mass is 15.3. The van der Waals surface area contributed by atoms with Crippen LogP contribution in [0, 0.1) is 0 Å². The fourth-order valence-corrected chi connectivity index (χ4v) is 3.51. The van der Waals surface area contributed by atoms with Gasteiger partial charge in [-0.15, -0.1) is 0 Å². The van der Waals surface area contributed by atoms with Gasteiger partial charge in [0, 0.05) is 17.3 Å². The van der Waals surface area contributed by atoms with Gasteiger partial charge >= 0.3 is 0 Å². The topological polar surface area (TPSA) is 29.9 Å². The molecule has 1 atom stereocenters. The molecular weight excluding hydrogens is 210 g/mol. The Bertz CT molecular complexity index is 377. The Morgan fingerprint density at radius 2 is 1.94 bits per heavy atom. The van der Waals surface area contributed by atoms with Crippen molar-refractivity contribution >= 4 is 0 Å². The number of nitrogens with one attached hydrogen (secondary N) is 1. The Balaban J connectivity index is 1.93. The maximum atomic E-state index is 4.70. The maximum Gasteiger partial charge on any atom is 0.0540 e. The zero-order chi connectivity index (χ0) is 11.7. The van der Waals surface area contributed by atoms with Gasteiger partial charge in [0.1, 0.15) is 0 Å². The Morgan fingerprint density at radius 3 is 2.71 bits per heavy atom. The third-order valence-corrected chi connectivity index (χ3v) is 4.48. The summed E-state index contributed by atoms with van der Waals surface area (Å²) >= 11 is 0. The highest BCUT2D eigenvalue weighted by Crippen LogP contribution is 2.34. The predicted octanol–water partition coefficient (Wildman–Crippen LogP) is 2.99. The fraction of sp³-hybridized carbons (Fsp3) is 0.786. The first-order chi connectivity index (χ1) is 8.40. The summed E-state index contributed by atoms with van der Waals surface area (Å²) in [6, 6.07) is 1.22.